The van der Waals surface area contributed by atoms with Gasteiger partial charge in [-0.3, -0.25) is 0 Å². The predicted octanol–water partition coefficient (Wildman–Crippen LogP) is 1.67. The molecule has 2 heteroatoms. The molecule has 0 spiro atoms. The van der Waals surface area contributed by atoms with E-state index in [1.165, 1.54) is 0 Å². The van der Waals surface area contributed by atoms with Gasteiger partial charge >= 0.3 is 0 Å². The minimum atomic E-state index is -0.771. The summed E-state index contributed by atoms with van der Waals surface area (Å²) >= 11 is 0. The highest BCUT2D eigenvalue weighted by molar-refractivity contribution is 4.97. The summed E-state index contributed by atoms with van der Waals surface area (Å²) in [4.78, 5) is 0. The van der Waals surface area contributed by atoms with Crippen molar-refractivity contribution < 1.29 is 9.84 Å². The summed E-state index contributed by atoms with van der Waals surface area (Å²) in [5, 5.41) is 9.84. The van der Waals surface area contributed by atoms with Gasteiger partial charge in [0.1, 0.15) is 0 Å². The SMILES string of the molecule is CC1CC2(O)CCCC1(C)O2. The summed E-state index contributed by atoms with van der Waals surface area (Å²) in [7, 11) is 0. The first-order valence-corrected chi connectivity index (χ1v) is 4.47. The van der Waals surface area contributed by atoms with Crippen LogP contribution in [0, 0.1) is 5.92 Å². The summed E-state index contributed by atoms with van der Waals surface area (Å²) in [6.07, 6.45) is 3.87. The van der Waals surface area contributed by atoms with Crippen molar-refractivity contribution in [2.45, 2.75) is 50.9 Å². The molecule has 0 amide bonds. The van der Waals surface area contributed by atoms with Gasteiger partial charge < -0.3 is 9.84 Å². The van der Waals surface area contributed by atoms with Gasteiger partial charge in [-0.1, -0.05) is 6.92 Å². The molecule has 0 aromatic carbocycles. The van der Waals surface area contributed by atoms with Gasteiger partial charge in [-0.05, 0) is 25.7 Å². The molecule has 2 bridgehead atoms. The van der Waals surface area contributed by atoms with E-state index in [4.69, 9.17) is 4.74 Å². The summed E-state index contributed by atoms with van der Waals surface area (Å²) in [5.74, 6) is -0.262. The Hall–Kier alpha value is -0.0800. The van der Waals surface area contributed by atoms with Crippen LogP contribution in [0.4, 0.5) is 0 Å². The van der Waals surface area contributed by atoms with Gasteiger partial charge in [-0.25, -0.2) is 0 Å². The highest BCUT2D eigenvalue weighted by Gasteiger charge is 2.52. The van der Waals surface area contributed by atoms with Gasteiger partial charge in [0, 0.05) is 12.8 Å². The van der Waals surface area contributed by atoms with Gasteiger partial charge in [-0.15, -0.1) is 0 Å². The molecule has 0 aromatic rings. The lowest BCUT2D eigenvalue weighted by Gasteiger charge is -2.35. The third-order valence-corrected chi connectivity index (χ3v) is 3.33. The molecule has 2 saturated heterocycles. The van der Waals surface area contributed by atoms with Crippen molar-refractivity contribution in [3.05, 3.63) is 0 Å². The van der Waals surface area contributed by atoms with E-state index in [1.807, 2.05) is 0 Å². The lowest BCUT2D eigenvalue weighted by Crippen LogP contribution is -2.39. The Balaban J connectivity index is 2.26. The minimum absolute atomic E-state index is 0.0347. The van der Waals surface area contributed by atoms with Crippen molar-refractivity contribution >= 4 is 0 Å². The smallest absolute Gasteiger partial charge is 0.166 e. The molecule has 2 heterocycles. The molecule has 0 aliphatic carbocycles. The highest BCUT2D eigenvalue weighted by atomic mass is 16.6. The molecule has 0 saturated carbocycles. The molecule has 0 radical (unpaired) electrons. The topological polar surface area (TPSA) is 29.5 Å². The standard InChI is InChI=1S/C9H16O2/c1-7-6-9(10)5-3-4-8(7,2)11-9/h7,10H,3-6H2,1-2H3. The van der Waals surface area contributed by atoms with Gasteiger partial charge in [0.2, 0.25) is 0 Å². The van der Waals surface area contributed by atoms with Crippen LogP contribution in [0.5, 0.6) is 0 Å². The van der Waals surface area contributed by atoms with Crippen LogP contribution in [0.25, 0.3) is 0 Å². The maximum Gasteiger partial charge on any atom is 0.166 e. The Morgan fingerprint density at radius 1 is 1.45 bits per heavy atom. The summed E-state index contributed by atoms with van der Waals surface area (Å²) < 4.78 is 5.64. The molecule has 0 aromatic heterocycles. The van der Waals surface area contributed by atoms with Gasteiger partial charge in [0.25, 0.3) is 0 Å². The first-order valence-electron chi connectivity index (χ1n) is 4.47. The molecule has 3 unspecified atom stereocenters. The van der Waals surface area contributed by atoms with Crippen LogP contribution < -0.4 is 0 Å². The number of rotatable bonds is 0. The Morgan fingerprint density at radius 2 is 2.18 bits per heavy atom. The third kappa shape index (κ3) is 1.00. The number of fused-ring (bicyclic) bond motifs is 2. The predicted molar refractivity (Wildman–Crippen MR) is 42.1 cm³/mol. The zero-order valence-electron chi connectivity index (χ0n) is 7.26. The Bertz CT molecular complexity index is 180. The van der Waals surface area contributed by atoms with Crippen molar-refractivity contribution in [2.24, 2.45) is 5.92 Å². The second kappa shape index (κ2) is 1.99. The Morgan fingerprint density at radius 3 is 2.73 bits per heavy atom. The van der Waals surface area contributed by atoms with Crippen molar-refractivity contribution in [1.29, 1.82) is 0 Å². The largest absolute Gasteiger partial charge is 0.365 e. The summed E-state index contributed by atoms with van der Waals surface area (Å²) in [6.45, 7) is 4.29. The van der Waals surface area contributed by atoms with E-state index >= 15 is 0 Å². The highest BCUT2D eigenvalue weighted by Crippen LogP contribution is 2.49. The maximum absolute atomic E-state index is 9.84. The van der Waals surface area contributed by atoms with E-state index in [0.717, 1.165) is 25.7 Å². The van der Waals surface area contributed by atoms with Crippen molar-refractivity contribution in [3.8, 4) is 0 Å². The van der Waals surface area contributed by atoms with Gasteiger partial charge in [0.15, 0.2) is 5.79 Å². The molecule has 2 rings (SSSR count). The summed E-state index contributed by atoms with van der Waals surface area (Å²) in [5.41, 5.74) is -0.0347. The van der Waals surface area contributed by atoms with Crippen LogP contribution in [0.15, 0.2) is 0 Å². The normalized spacial score (nSPS) is 56.5. The molecular weight excluding hydrogens is 140 g/mol. The molecule has 11 heavy (non-hydrogen) atoms. The monoisotopic (exact) mass is 156 g/mol. The first kappa shape index (κ1) is 7.56. The third-order valence-electron chi connectivity index (χ3n) is 3.33. The van der Waals surface area contributed by atoms with Crippen LogP contribution in [0.2, 0.25) is 0 Å². The molecule has 2 aliphatic heterocycles. The molecule has 2 aliphatic rings. The molecule has 2 fully saturated rings. The molecule has 2 nitrogen and oxygen atoms in total. The molecular formula is C9H16O2. The van der Waals surface area contributed by atoms with Crippen LogP contribution in [-0.2, 0) is 4.74 Å². The Labute approximate surface area is 67.6 Å². The molecule has 3 atom stereocenters. The van der Waals surface area contributed by atoms with Crippen LogP contribution in [-0.4, -0.2) is 16.5 Å². The maximum atomic E-state index is 9.84. The van der Waals surface area contributed by atoms with Gasteiger partial charge in [0.05, 0.1) is 5.60 Å². The number of aliphatic hydroxyl groups is 1. The second-order valence-electron chi connectivity index (χ2n) is 4.32. The van der Waals surface area contributed by atoms with Crippen molar-refractivity contribution in [2.75, 3.05) is 0 Å². The zero-order chi connectivity index (χ0) is 8.11. The number of ether oxygens (including phenoxy) is 1. The van der Waals surface area contributed by atoms with E-state index in [0.29, 0.717) is 5.92 Å². The fourth-order valence-electron chi connectivity index (χ4n) is 2.44. The van der Waals surface area contributed by atoms with Crippen molar-refractivity contribution in [1.82, 2.24) is 0 Å². The van der Waals surface area contributed by atoms with E-state index in [-0.39, 0.29) is 5.60 Å². The molecule has 64 valence electrons. The summed E-state index contributed by atoms with van der Waals surface area (Å²) in [6, 6.07) is 0. The van der Waals surface area contributed by atoms with Crippen molar-refractivity contribution in [3.63, 3.8) is 0 Å². The van der Waals surface area contributed by atoms with E-state index in [9.17, 15) is 5.11 Å². The minimum Gasteiger partial charge on any atom is -0.365 e. The fraction of sp³-hybridized carbons (Fsp3) is 1.00. The fourth-order valence-corrected chi connectivity index (χ4v) is 2.44. The van der Waals surface area contributed by atoms with Crippen LogP contribution in [0.3, 0.4) is 0 Å². The lowest BCUT2D eigenvalue weighted by molar-refractivity contribution is -0.245. The quantitative estimate of drug-likeness (QED) is 0.578. The number of hydrogen-bond donors (Lipinski definition) is 1. The van der Waals surface area contributed by atoms with E-state index in [1.54, 1.807) is 0 Å². The average Bonchev–Trinajstić information content (AvgIpc) is 1.99. The second-order valence-corrected chi connectivity index (χ2v) is 4.32. The average molecular weight is 156 g/mol. The van der Waals surface area contributed by atoms with Crippen LogP contribution in [0.1, 0.15) is 39.5 Å². The number of hydrogen-bond acceptors (Lipinski definition) is 2. The molecule has 1 N–H and O–H groups in total. The lowest BCUT2D eigenvalue weighted by atomic mass is 9.88. The van der Waals surface area contributed by atoms with E-state index < -0.39 is 5.79 Å². The van der Waals surface area contributed by atoms with Crippen LogP contribution >= 0.6 is 0 Å². The van der Waals surface area contributed by atoms with E-state index in [2.05, 4.69) is 13.8 Å². The zero-order valence-corrected chi connectivity index (χ0v) is 7.26. The Kier molecular flexibility index (Phi) is 1.37. The van der Waals surface area contributed by atoms with Gasteiger partial charge in [-0.2, -0.15) is 0 Å². The first-order chi connectivity index (χ1) is 5.04.